The van der Waals surface area contributed by atoms with Gasteiger partial charge in [-0.15, -0.1) is 0 Å². The van der Waals surface area contributed by atoms with E-state index in [1.807, 2.05) is 24.3 Å². The second kappa shape index (κ2) is 7.11. The average Bonchev–Trinajstić information content (AvgIpc) is 2.91. The van der Waals surface area contributed by atoms with E-state index in [0.717, 1.165) is 31.4 Å². The van der Waals surface area contributed by atoms with Crippen LogP contribution in [0.5, 0.6) is 0 Å². The number of likely N-dealkylation sites (N-methyl/N-ethyl adjacent to an activating group) is 2. The van der Waals surface area contributed by atoms with Gasteiger partial charge in [0, 0.05) is 31.1 Å². The van der Waals surface area contributed by atoms with Crippen LogP contribution < -0.4 is 5.32 Å². The van der Waals surface area contributed by atoms with Crippen LogP contribution in [-0.2, 0) is 9.59 Å². The van der Waals surface area contributed by atoms with Crippen molar-refractivity contribution in [2.24, 2.45) is 0 Å². The van der Waals surface area contributed by atoms with Crippen molar-refractivity contribution in [3.8, 4) is 0 Å². The van der Waals surface area contributed by atoms with Gasteiger partial charge in [0.2, 0.25) is 11.8 Å². The highest BCUT2D eigenvalue weighted by atomic mass is 35.5. The number of rotatable bonds is 3. The highest BCUT2D eigenvalue weighted by molar-refractivity contribution is 6.30. The summed E-state index contributed by atoms with van der Waals surface area (Å²) >= 11 is 5.99. The molecule has 1 N–H and O–H groups in total. The number of amides is 2. The van der Waals surface area contributed by atoms with E-state index < -0.39 is 0 Å². The van der Waals surface area contributed by atoms with Gasteiger partial charge >= 0.3 is 0 Å². The summed E-state index contributed by atoms with van der Waals surface area (Å²) < 4.78 is 0. The summed E-state index contributed by atoms with van der Waals surface area (Å²) in [5.41, 5.74) is 1.15. The van der Waals surface area contributed by atoms with Gasteiger partial charge in [-0.2, -0.15) is 0 Å². The van der Waals surface area contributed by atoms with E-state index in [9.17, 15) is 9.59 Å². The van der Waals surface area contributed by atoms with E-state index in [1.54, 1.807) is 11.9 Å². The quantitative estimate of drug-likeness (QED) is 0.910. The molecule has 130 valence electrons. The summed E-state index contributed by atoms with van der Waals surface area (Å²) in [7, 11) is 3.80. The van der Waals surface area contributed by atoms with Crippen molar-refractivity contribution in [3.05, 3.63) is 34.9 Å². The zero-order valence-electron chi connectivity index (χ0n) is 14.2. The molecule has 3 atom stereocenters. The van der Waals surface area contributed by atoms with Crippen molar-refractivity contribution in [3.63, 3.8) is 0 Å². The summed E-state index contributed by atoms with van der Waals surface area (Å²) in [6.45, 7) is 0.928. The number of hydrogen-bond acceptors (Lipinski definition) is 3. The second-order valence-electron chi connectivity index (χ2n) is 6.79. The SMILES string of the molecule is CN1C(=O)CCCC1C(=O)N[C@@H]1CCN(C)[C@H]1c1ccc(Cl)cc1. The third-order valence-corrected chi connectivity index (χ3v) is 5.47. The van der Waals surface area contributed by atoms with Crippen LogP contribution in [0.25, 0.3) is 0 Å². The Morgan fingerprint density at radius 3 is 2.62 bits per heavy atom. The minimum atomic E-state index is -0.344. The van der Waals surface area contributed by atoms with Crippen molar-refractivity contribution in [1.29, 1.82) is 0 Å². The van der Waals surface area contributed by atoms with Crippen molar-refractivity contribution < 1.29 is 9.59 Å². The molecule has 2 fully saturated rings. The number of nitrogens with one attached hydrogen (secondary N) is 1. The summed E-state index contributed by atoms with van der Waals surface area (Å²) in [6.07, 6.45) is 2.97. The monoisotopic (exact) mass is 349 g/mol. The van der Waals surface area contributed by atoms with Crippen LogP contribution in [0.4, 0.5) is 0 Å². The number of hydrogen-bond donors (Lipinski definition) is 1. The van der Waals surface area contributed by atoms with Crippen LogP contribution >= 0.6 is 11.6 Å². The van der Waals surface area contributed by atoms with Gasteiger partial charge < -0.3 is 10.2 Å². The Balaban J connectivity index is 1.72. The molecule has 2 amide bonds. The Morgan fingerprint density at radius 2 is 1.92 bits per heavy atom. The largest absolute Gasteiger partial charge is 0.350 e. The minimum absolute atomic E-state index is 0.0372. The lowest BCUT2D eigenvalue weighted by atomic mass is 9.98. The second-order valence-corrected chi connectivity index (χ2v) is 7.23. The van der Waals surface area contributed by atoms with E-state index >= 15 is 0 Å². The summed E-state index contributed by atoms with van der Waals surface area (Å²) in [5.74, 6) is 0.0176. The lowest BCUT2D eigenvalue weighted by Gasteiger charge is -2.33. The molecule has 2 heterocycles. The summed E-state index contributed by atoms with van der Waals surface area (Å²) in [4.78, 5) is 28.4. The molecule has 1 aromatic carbocycles. The predicted octanol–water partition coefficient (Wildman–Crippen LogP) is 2.21. The van der Waals surface area contributed by atoms with Crippen molar-refractivity contribution in [2.75, 3.05) is 20.6 Å². The number of piperidine rings is 1. The smallest absolute Gasteiger partial charge is 0.243 e. The molecule has 6 heteroatoms. The molecule has 24 heavy (non-hydrogen) atoms. The van der Waals surface area contributed by atoms with Gasteiger partial charge in [0.1, 0.15) is 6.04 Å². The molecule has 3 rings (SSSR count). The van der Waals surface area contributed by atoms with Gasteiger partial charge in [0.05, 0.1) is 6.04 Å². The molecule has 0 saturated carbocycles. The molecule has 1 aromatic rings. The topological polar surface area (TPSA) is 52.7 Å². The first-order valence-corrected chi connectivity index (χ1v) is 8.87. The highest BCUT2D eigenvalue weighted by Crippen LogP contribution is 2.32. The predicted molar refractivity (Wildman–Crippen MR) is 93.8 cm³/mol. The van der Waals surface area contributed by atoms with E-state index in [-0.39, 0.29) is 29.9 Å². The third kappa shape index (κ3) is 3.42. The molecule has 0 aliphatic carbocycles. The molecule has 0 bridgehead atoms. The van der Waals surface area contributed by atoms with Crippen LogP contribution in [0, 0.1) is 0 Å². The van der Waals surface area contributed by atoms with E-state index in [1.165, 1.54) is 0 Å². The molecular formula is C18H24ClN3O2. The van der Waals surface area contributed by atoms with Crippen molar-refractivity contribution in [1.82, 2.24) is 15.1 Å². The molecule has 2 aliphatic rings. The first-order valence-electron chi connectivity index (χ1n) is 8.49. The maximum Gasteiger partial charge on any atom is 0.243 e. The Bertz CT molecular complexity index is 619. The van der Waals surface area contributed by atoms with Crippen LogP contribution in [0.15, 0.2) is 24.3 Å². The average molecular weight is 350 g/mol. The number of carbonyl (C=O) groups excluding carboxylic acids is 2. The van der Waals surface area contributed by atoms with Gasteiger partial charge in [-0.25, -0.2) is 0 Å². The Morgan fingerprint density at radius 1 is 1.21 bits per heavy atom. The van der Waals surface area contributed by atoms with Crippen molar-refractivity contribution in [2.45, 2.75) is 43.8 Å². The maximum atomic E-state index is 12.7. The van der Waals surface area contributed by atoms with Crippen LogP contribution in [-0.4, -0.2) is 54.3 Å². The van der Waals surface area contributed by atoms with E-state index in [2.05, 4.69) is 17.3 Å². The first kappa shape index (κ1) is 17.2. The van der Waals surface area contributed by atoms with Crippen LogP contribution in [0.3, 0.4) is 0 Å². The maximum absolute atomic E-state index is 12.7. The number of likely N-dealkylation sites (tertiary alicyclic amines) is 2. The van der Waals surface area contributed by atoms with Gasteiger partial charge in [-0.3, -0.25) is 14.5 Å². The van der Waals surface area contributed by atoms with Crippen LogP contribution in [0.2, 0.25) is 5.02 Å². The fourth-order valence-corrected chi connectivity index (χ4v) is 3.95. The molecule has 0 radical (unpaired) electrons. The summed E-state index contributed by atoms with van der Waals surface area (Å²) in [6, 6.07) is 7.65. The molecule has 0 spiro atoms. The number of nitrogens with zero attached hydrogens (tertiary/aromatic N) is 2. The van der Waals surface area contributed by atoms with E-state index in [4.69, 9.17) is 11.6 Å². The molecule has 2 aliphatic heterocycles. The first-order chi connectivity index (χ1) is 11.5. The Labute approximate surface area is 147 Å². The molecular weight excluding hydrogens is 326 g/mol. The minimum Gasteiger partial charge on any atom is -0.350 e. The third-order valence-electron chi connectivity index (χ3n) is 5.22. The molecule has 2 saturated heterocycles. The lowest BCUT2D eigenvalue weighted by Crippen LogP contribution is -2.52. The van der Waals surface area contributed by atoms with Crippen LogP contribution in [0.1, 0.15) is 37.3 Å². The van der Waals surface area contributed by atoms with E-state index in [0.29, 0.717) is 11.4 Å². The van der Waals surface area contributed by atoms with Gasteiger partial charge in [0.15, 0.2) is 0 Å². The van der Waals surface area contributed by atoms with Gasteiger partial charge in [0.25, 0.3) is 0 Å². The highest BCUT2D eigenvalue weighted by Gasteiger charge is 2.37. The fraction of sp³-hybridized carbons (Fsp3) is 0.556. The Hall–Kier alpha value is -1.59. The molecule has 0 aromatic heterocycles. The standard InChI is InChI=1S/C18H24ClN3O2/c1-21-11-10-14(17(21)12-6-8-13(19)9-7-12)20-18(24)15-4-3-5-16(23)22(15)2/h6-9,14-15,17H,3-5,10-11H2,1-2H3,(H,20,24)/t14-,15?,17+/m1/s1. The fourth-order valence-electron chi connectivity index (χ4n) is 3.82. The lowest BCUT2D eigenvalue weighted by molar-refractivity contribution is -0.142. The molecule has 1 unspecified atom stereocenters. The number of benzene rings is 1. The van der Waals surface area contributed by atoms with Gasteiger partial charge in [-0.1, -0.05) is 23.7 Å². The van der Waals surface area contributed by atoms with Crippen molar-refractivity contribution >= 4 is 23.4 Å². The Kier molecular flexibility index (Phi) is 5.11. The normalized spacial score (nSPS) is 28.2. The molecule has 5 nitrogen and oxygen atoms in total. The number of halogens is 1. The number of carbonyl (C=O) groups is 2. The summed E-state index contributed by atoms with van der Waals surface area (Å²) in [5, 5.41) is 3.90. The van der Waals surface area contributed by atoms with Gasteiger partial charge in [-0.05, 0) is 44.0 Å². The zero-order valence-corrected chi connectivity index (χ0v) is 14.9. The zero-order chi connectivity index (χ0) is 17.3.